The molecule has 0 bridgehead atoms. The maximum absolute atomic E-state index is 14.3. The lowest BCUT2D eigenvalue weighted by Crippen LogP contribution is -2.54. The smallest absolute Gasteiger partial charge is 0.296 e. The summed E-state index contributed by atoms with van der Waals surface area (Å²) in [4.78, 5) is 46.5. The summed E-state index contributed by atoms with van der Waals surface area (Å²) in [6.45, 7) is 4.92. The lowest BCUT2D eigenvalue weighted by atomic mass is 9.82. The predicted octanol–water partition coefficient (Wildman–Crippen LogP) is 1.21. The number of amides is 2. The number of sulfonamides is 1. The first-order valence-corrected chi connectivity index (χ1v) is 14.5. The normalized spacial score (nSPS) is 23.1. The van der Waals surface area contributed by atoms with Crippen molar-refractivity contribution in [3.8, 4) is 0 Å². The Hall–Kier alpha value is -3.58. The largest absolute Gasteiger partial charge is 0.507 e. The zero-order valence-corrected chi connectivity index (χ0v) is 23.5. The Morgan fingerprint density at radius 1 is 1.02 bits per heavy atom. The van der Waals surface area contributed by atoms with Gasteiger partial charge in [-0.2, -0.15) is 0 Å². The van der Waals surface area contributed by atoms with E-state index >= 15 is 0 Å². The maximum Gasteiger partial charge on any atom is 0.296 e. The van der Waals surface area contributed by atoms with Crippen molar-refractivity contribution < 1.29 is 32.6 Å². The molecule has 0 aromatic heterocycles. The third-order valence-corrected chi connectivity index (χ3v) is 9.57. The van der Waals surface area contributed by atoms with Crippen molar-refractivity contribution in [2.75, 3.05) is 64.9 Å². The first kappa shape index (κ1) is 28.0. The van der Waals surface area contributed by atoms with Gasteiger partial charge in [0.15, 0.2) is 5.54 Å². The average Bonchev–Trinajstić information content (AvgIpc) is 3.34. The van der Waals surface area contributed by atoms with E-state index in [1.165, 1.54) is 48.2 Å². The third-order valence-electron chi connectivity index (χ3n) is 7.76. The molecule has 12 heteroatoms. The zero-order chi connectivity index (χ0) is 28.8. The van der Waals surface area contributed by atoms with Crippen LogP contribution < -0.4 is 4.90 Å². The molecule has 0 saturated carbocycles. The van der Waals surface area contributed by atoms with Gasteiger partial charge in [0.05, 0.1) is 29.4 Å². The van der Waals surface area contributed by atoms with Gasteiger partial charge in [-0.3, -0.25) is 19.3 Å². The van der Waals surface area contributed by atoms with Crippen LogP contribution in [0.4, 0.5) is 5.69 Å². The summed E-state index contributed by atoms with van der Waals surface area (Å²) in [6, 6.07) is 12.4. The fourth-order valence-electron chi connectivity index (χ4n) is 5.71. The Bertz CT molecular complexity index is 1510. The number of hydrogen-bond acceptors (Lipinski definition) is 8. The number of ketones is 1. The number of likely N-dealkylation sites (tertiary alicyclic amines) is 1. The minimum absolute atomic E-state index is 0.00806. The van der Waals surface area contributed by atoms with Crippen molar-refractivity contribution in [2.24, 2.45) is 0 Å². The standard InChI is InChI=1S/C28H32N4O7S/c1-4-31-22-11-6-5-10-21(22)28(27(31)36)23(24(33)19-8-7-9-20(18-19)40(37,38)29(2)3)25(34)26(35)32(28)13-12-30-14-16-39-17-15-30/h5-11,18,33H,4,12-17H2,1-3H3/b24-23-. The Kier molecular flexibility index (Phi) is 7.29. The summed E-state index contributed by atoms with van der Waals surface area (Å²) in [5, 5.41) is 11.7. The van der Waals surface area contributed by atoms with E-state index in [4.69, 9.17) is 4.74 Å². The summed E-state index contributed by atoms with van der Waals surface area (Å²) in [5.74, 6) is -3.02. The van der Waals surface area contributed by atoms with Gasteiger partial charge in [0, 0.05) is 57.9 Å². The summed E-state index contributed by atoms with van der Waals surface area (Å²) in [5.41, 5.74) is -1.29. The third kappa shape index (κ3) is 4.14. The highest BCUT2D eigenvalue weighted by Gasteiger charge is 2.66. The van der Waals surface area contributed by atoms with Gasteiger partial charge in [-0.1, -0.05) is 30.3 Å². The molecule has 40 heavy (non-hydrogen) atoms. The zero-order valence-electron chi connectivity index (χ0n) is 22.7. The number of aliphatic hydroxyl groups is 1. The van der Waals surface area contributed by atoms with E-state index in [2.05, 4.69) is 4.90 Å². The van der Waals surface area contributed by atoms with Crippen LogP contribution in [-0.2, 0) is 34.7 Å². The lowest BCUT2D eigenvalue weighted by Gasteiger charge is -2.36. The van der Waals surface area contributed by atoms with Crippen LogP contribution in [0, 0.1) is 0 Å². The fraction of sp³-hybridized carbons (Fsp3) is 0.393. The van der Waals surface area contributed by atoms with Crippen molar-refractivity contribution in [1.29, 1.82) is 0 Å². The number of ether oxygens (including phenoxy) is 1. The number of rotatable bonds is 7. The molecule has 1 N–H and O–H groups in total. The van der Waals surface area contributed by atoms with E-state index in [1.807, 2.05) is 0 Å². The number of likely N-dealkylation sites (N-methyl/N-ethyl adjacent to an activating group) is 1. The monoisotopic (exact) mass is 568 g/mol. The predicted molar refractivity (Wildman–Crippen MR) is 147 cm³/mol. The topological polar surface area (TPSA) is 128 Å². The molecule has 212 valence electrons. The van der Waals surface area contributed by atoms with Crippen LogP contribution in [0.2, 0.25) is 0 Å². The second-order valence-corrected chi connectivity index (χ2v) is 12.2. The number of hydrogen-bond donors (Lipinski definition) is 1. The second kappa shape index (κ2) is 10.4. The van der Waals surface area contributed by atoms with E-state index in [9.17, 15) is 27.9 Å². The number of Topliss-reactive ketones (excluding diaryl/α,β-unsaturated/α-hetero) is 1. The molecule has 1 spiro atoms. The van der Waals surface area contributed by atoms with Crippen molar-refractivity contribution in [3.63, 3.8) is 0 Å². The Morgan fingerprint density at radius 3 is 2.40 bits per heavy atom. The molecule has 3 aliphatic rings. The summed E-state index contributed by atoms with van der Waals surface area (Å²) in [6.07, 6.45) is 0. The van der Waals surface area contributed by atoms with Crippen molar-refractivity contribution in [2.45, 2.75) is 17.4 Å². The van der Waals surface area contributed by atoms with Gasteiger partial charge in [0.25, 0.3) is 17.6 Å². The molecular formula is C28H32N4O7S. The van der Waals surface area contributed by atoms with Gasteiger partial charge in [-0.05, 0) is 25.1 Å². The lowest BCUT2D eigenvalue weighted by molar-refractivity contribution is -0.144. The van der Waals surface area contributed by atoms with Gasteiger partial charge >= 0.3 is 0 Å². The molecule has 3 heterocycles. The maximum atomic E-state index is 14.3. The molecular weight excluding hydrogens is 536 g/mol. The Labute approximate surface area is 233 Å². The van der Waals surface area contributed by atoms with Crippen molar-refractivity contribution >= 4 is 39.1 Å². The van der Waals surface area contributed by atoms with Crippen LogP contribution in [0.5, 0.6) is 0 Å². The quantitative estimate of drug-likeness (QED) is 0.300. The van der Waals surface area contributed by atoms with Gasteiger partial charge in [0.2, 0.25) is 10.0 Å². The van der Waals surface area contributed by atoms with Crippen LogP contribution >= 0.6 is 0 Å². The minimum Gasteiger partial charge on any atom is -0.507 e. The molecule has 2 aromatic rings. The number of aliphatic hydroxyl groups excluding tert-OH is 1. The first-order valence-electron chi connectivity index (χ1n) is 13.1. The molecule has 2 fully saturated rings. The van der Waals surface area contributed by atoms with Crippen LogP contribution in [0.25, 0.3) is 5.76 Å². The van der Waals surface area contributed by atoms with Crippen molar-refractivity contribution in [3.05, 3.63) is 65.2 Å². The Morgan fingerprint density at radius 2 is 1.73 bits per heavy atom. The molecule has 1 atom stereocenters. The van der Waals surface area contributed by atoms with Crippen LogP contribution in [0.15, 0.2) is 59.0 Å². The van der Waals surface area contributed by atoms with E-state index in [0.29, 0.717) is 44.1 Å². The SMILES string of the molecule is CCN1C(=O)C2(/C(=C(\O)c3cccc(S(=O)(=O)N(C)C)c3)C(=O)C(=O)N2CCN2CCOCC2)c2ccccc21. The molecule has 0 aliphatic carbocycles. The number of nitrogens with zero attached hydrogens (tertiary/aromatic N) is 4. The van der Waals surface area contributed by atoms with Crippen LogP contribution in [0.1, 0.15) is 18.1 Å². The highest BCUT2D eigenvalue weighted by atomic mass is 32.2. The molecule has 2 saturated heterocycles. The highest BCUT2D eigenvalue weighted by molar-refractivity contribution is 7.89. The highest BCUT2D eigenvalue weighted by Crippen LogP contribution is 2.53. The molecule has 0 radical (unpaired) electrons. The van der Waals surface area contributed by atoms with Crippen molar-refractivity contribution in [1.82, 2.24) is 14.1 Å². The Balaban J connectivity index is 1.72. The van der Waals surface area contributed by atoms with Crippen LogP contribution in [0.3, 0.4) is 0 Å². The number of morpholine rings is 1. The van der Waals surface area contributed by atoms with Gasteiger partial charge in [0.1, 0.15) is 5.76 Å². The van der Waals surface area contributed by atoms with E-state index < -0.39 is 38.9 Å². The summed E-state index contributed by atoms with van der Waals surface area (Å²) in [7, 11) is -1.10. The molecule has 3 aliphatic heterocycles. The van der Waals surface area contributed by atoms with Gasteiger partial charge in [-0.25, -0.2) is 12.7 Å². The number of carbonyl (C=O) groups is 3. The molecule has 1 unspecified atom stereocenters. The van der Waals surface area contributed by atoms with E-state index in [0.717, 1.165) is 4.31 Å². The first-order chi connectivity index (χ1) is 19.1. The average molecular weight is 569 g/mol. The number of fused-ring (bicyclic) bond motifs is 2. The van der Waals surface area contributed by atoms with Gasteiger partial charge < -0.3 is 19.6 Å². The number of anilines is 1. The number of benzene rings is 2. The fourth-order valence-corrected chi connectivity index (χ4v) is 6.65. The number of carbonyl (C=O) groups excluding carboxylic acids is 3. The molecule has 2 aromatic carbocycles. The molecule has 5 rings (SSSR count). The number of para-hydroxylation sites is 1. The minimum atomic E-state index is -3.87. The van der Waals surface area contributed by atoms with Crippen LogP contribution in [-0.4, -0.2) is 105 Å². The summed E-state index contributed by atoms with van der Waals surface area (Å²) < 4.78 is 32.1. The molecule has 11 nitrogen and oxygen atoms in total. The molecule has 2 amide bonds. The summed E-state index contributed by atoms with van der Waals surface area (Å²) >= 11 is 0. The van der Waals surface area contributed by atoms with E-state index in [1.54, 1.807) is 31.2 Å². The van der Waals surface area contributed by atoms with Gasteiger partial charge in [-0.15, -0.1) is 0 Å². The van der Waals surface area contributed by atoms with E-state index in [-0.39, 0.29) is 29.1 Å². The second-order valence-electron chi connectivity index (χ2n) is 10.1.